The number of unbranched alkanes of at least 4 members (excludes halogenated alkanes) is 2. The summed E-state index contributed by atoms with van der Waals surface area (Å²) in [5, 5.41) is 7.09. The molecular weight excluding hydrogens is 255 g/mol. The van der Waals surface area contributed by atoms with Crippen LogP contribution in [0.1, 0.15) is 45.6 Å². The van der Waals surface area contributed by atoms with Crippen LogP contribution in [0.4, 0.5) is 13.2 Å². The van der Waals surface area contributed by atoms with Crippen molar-refractivity contribution in [1.82, 2.24) is 15.1 Å². The van der Waals surface area contributed by atoms with Gasteiger partial charge in [0.2, 0.25) is 0 Å². The Hall–Kier alpha value is -1.04. The molecule has 1 aromatic heterocycles. The van der Waals surface area contributed by atoms with E-state index in [9.17, 15) is 13.2 Å². The minimum absolute atomic E-state index is 0.115. The molecule has 1 aromatic rings. The van der Waals surface area contributed by atoms with Crippen LogP contribution in [-0.4, -0.2) is 21.9 Å². The van der Waals surface area contributed by atoms with Crippen molar-refractivity contribution in [2.45, 2.75) is 58.3 Å². The summed E-state index contributed by atoms with van der Waals surface area (Å²) in [5.74, 6) is 0. The number of hydrogen-bond donors (Lipinski definition) is 1. The van der Waals surface area contributed by atoms with Crippen molar-refractivity contribution in [3.05, 3.63) is 18.0 Å². The first-order chi connectivity index (χ1) is 8.68. The van der Waals surface area contributed by atoms with Gasteiger partial charge in [0.05, 0.1) is 11.8 Å². The number of nitrogens with zero attached hydrogens (tertiary/aromatic N) is 2. The van der Waals surface area contributed by atoms with Crippen molar-refractivity contribution in [2.24, 2.45) is 0 Å². The lowest BCUT2D eigenvalue weighted by molar-refractivity contribution is -0.137. The summed E-state index contributed by atoms with van der Waals surface area (Å²) in [6.45, 7) is 7.78. The SMILES string of the molecule is CC(C)(C)NCCCCCn1cc(C(F)(F)F)cn1. The van der Waals surface area contributed by atoms with E-state index in [1.54, 1.807) is 0 Å². The third kappa shape index (κ3) is 6.61. The van der Waals surface area contributed by atoms with E-state index in [1.807, 2.05) is 0 Å². The van der Waals surface area contributed by atoms with Gasteiger partial charge in [-0.25, -0.2) is 0 Å². The minimum Gasteiger partial charge on any atom is -0.312 e. The van der Waals surface area contributed by atoms with Gasteiger partial charge in [-0.3, -0.25) is 4.68 Å². The van der Waals surface area contributed by atoms with Crippen molar-refractivity contribution in [3.63, 3.8) is 0 Å². The highest BCUT2D eigenvalue weighted by molar-refractivity contribution is 5.08. The van der Waals surface area contributed by atoms with E-state index < -0.39 is 11.7 Å². The van der Waals surface area contributed by atoms with Gasteiger partial charge in [-0.15, -0.1) is 0 Å². The molecule has 0 aliphatic rings. The van der Waals surface area contributed by atoms with E-state index in [1.165, 1.54) is 4.68 Å². The smallest absolute Gasteiger partial charge is 0.312 e. The summed E-state index contributed by atoms with van der Waals surface area (Å²) in [7, 11) is 0. The standard InChI is InChI=1S/C13H22F3N3/c1-12(2,3)17-7-5-4-6-8-19-10-11(9-18-19)13(14,15)16/h9-10,17H,4-8H2,1-3H3. The van der Waals surface area contributed by atoms with Gasteiger partial charge in [-0.2, -0.15) is 18.3 Å². The van der Waals surface area contributed by atoms with Gasteiger partial charge in [-0.05, 0) is 40.2 Å². The third-order valence-corrected chi connectivity index (χ3v) is 2.68. The Balaban J connectivity index is 2.18. The highest BCUT2D eigenvalue weighted by atomic mass is 19.4. The first-order valence-corrected chi connectivity index (χ1v) is 6.53. The van der Waals surface area contributed by atoms with Gasteiger partial charge in [0.25, 0.3) is 0 Å². The quantitative estimate of drug-likeness (QED) is 0.807. The molecule has 0 aliphatic heterocycles. The van der Waals surface area contributed by atoms with Crippen molar-refractivity contribution < 1.29 is 13.2 Å². The Bertz CT molecular complexity index is 377. The van der Waals surface area contributed by atoms with Crippen molar-refractivity contribution in [3.8, 4) is 0 Å². The Morgan fingerprint density at radius 2 is 1.84 bits per heavy atom. The van der Waals surface area contributed by atoms with Crippen LogP contribution in [0.2, 0.25) is 0 Å². The van der Waals surface area contributed by atoms with Gasteiger partial charge < -0.3 is 5.32 Å². The zero-order valence-electron chi connectivity index (χ0n) is 11.7. The van der Waals surface area contributed by atoms with Crippen LogP contribution in [-0.2, 0) is 12.7 Å². The molecule has 0 bridgehead atoms. The van der Waals surface area contributed by atoms with Crippen molar-refractivity contribution >= 4 is 0 Å². The lowest BCUT2D eigenvalue weighted by Crippen LogP contribution is -2.36. The second-order valence-corrected chi connectivity index (χ2v) is 5.73. The van der Waals surface area contributed by atoms with Crippen LogP contribution in [0, 0.1) is 0 Å². The molecular formula is C13H22F3N3. The molecule has 0 amide bonds. The summed E-state index contributed by atoms with van der Waals surface area (Å²) in [5.41, 5.74) is -0.564. The monoisotopic (exact) mass is 277 g/mol. The number of aryl methyl sites for hydroxylation is 1. The number of halogens is 3. The highest BCUT2D eigenvalue weighted by Gasteiger charge is 2.32. The molecule has 0 radical (unpaired) electrons. The molecule has 19 heavy (non-hydrogen) atoms. The van der Waals surface area contributed by atoms with Crippen molar-refractivity contribution in [1.29, 1.82) is 0 Å². The normalized spacial score (nSPS) is 12.9. The van der Waals surface area contributed by atoms with Gasteiger partial charge in [0.15, 0.2) is 0 Å². The van der Waals surface area contributed by atoms with Crippen LogP contribution >= 0.6 is 0 Å². The van der Waals surface area contributed by atoms with Crippen LogP contribution < -0.4 is 5.32 Å². The first kappa shape index (κ1) is 16.0. The van der Waals surface area contributed by atoms with Gasteiger partial charge in [0.1, 0.15) is 0 Å². The molecule has 3 nitrogen and oxygen atoms in total. The zero-order chi connectivity index (χ0) is 14.5. The lowest BCUT2D eigenvalue weighted by atomic mass is 10.1. The fourth-order valence-electron chi connectivity index (χ4n) is 1.67. The molecule has 0 aliphatic carbocycles. The average Bonchev–Trinajstić information content (AvgIpc) is 2.69. The molecule has 1 rings (SSSR count). The Morgan fingerprint density at radius 1 is 1.16 bits per heavy atom. The number of alkyl halides is 3. The average molecular weight is 277 g/mol. The maximum absolute atomic E-state index is 12.3. The molecule has 0 spiro atoms. The van der Waals surface area contributed by atoms with Crippen molar-refractivity contribution in [2.75, 3.05) is 6.54 Å². The lowest BCUT2D eigenvalue weighted by Gasteiger charge is -2.20. The van der Waals surface area contributed by atoms with Gasteiger partial charge in [0, 0.05) is 18.3 Å². The van der Waals surface area contributed by atoms with E-state index in [0.29, 0.717) is 6.54 Å². The summed E-state index contributed by atoms with van der Waals surface area (Å²) in [6.07, 6.45) is 0.475. The van der Waals surface area contributed by atoms with E-state index in [-0.39, 0.29) is 5.54 Å². The predicted octanol–water partition coefficient (Wildman–Crippen LogP) is 3.46. The fourth-order valence-corrected chi connectivity index (χ4v) is 1.67. The maximum Gasteiger partial charge on any atom is 0.419 e. The summed E-state index contributed by atoms with van der Waals surface area (Å²) in [6, 6.07) is 0. The Kier molecular flexibility index (Phi) is 5.40. The molecule has 1 N–H and O–H groups in total. The van der Waals surface area contributed by atoms with Gasteiger partial charge >= 0.3 is 6.18 Å². The van der Waals surface area contributed by atoms with E-state index in [4.69, 9.17) is 0 Å². The number of rotatable bonds is 6. The molecule has 0 aromatic carbocycles. The molecule has 110 valence electrons. The highest BCUT2D eigenvalue weighted by Crippen LogP contribution is 2.28. The maximum atomic E-state index is 12.3. The summed E-state index contributed by atoms with van der Waals surface area (Å²) < 4.78 is 38.4. The van der Waals surface area contributed by atoms with E-state index in [0.717, 1.165) is 38.2 Å². The molecule has 0 saturated carbocycles. The van der Waals surface area contributed by atoms with E-state index >= 15 is 0 Å². The molecule has 0 atom stereocenters. The Labute approximate surface area is 112 Å². The summed E-state index contributed by atoms with van der Waals surface area (Å²) >= 11 is 0. The topological polar surface area (TPSA) is 29.9 Å². The molecule has 6 heteroatoms. The first-order valence-electron chi connectivity index (χ1n) is 6.53. The zero-order valence-corrected chi connectivity index (χ0v) is 11.7. The second-order valence-electron chi connectivity index (χ2n) is 5.73. The number of aromatic nitrogens is 2. The van der Waals surface area contributed by atoms with Crippen LogP contribution in [0.5, 0.6) is 0 Å². The summed E-state index contributed by atoms with van der Waals surface area (Å²) in [4.78, 5) is 0. The predicted molar refractivity (Wildman–Crippen MR) is 68.8 cm³/mol. The van der Waals surface area contributed by atoms with Gasteiger partial charge in [-0.1, -0.05) is 6.42 Å². The fraction of sp³-hybridized carbons (Fsp3) is 0.769. The molecule has 0 saturated heterocycles. The van der Waals surface area contributed by atoms with E-state index in [2.05, 4.69) is 31.2 Å². The molecule has 0 unspecified atom stereocenters. The Morgan fingerprint density at radius 3 is 2.37 bits per heavy atom. The third-order valence-electron chi connectivity index (χ3n) is 2.68. The molecule has 1 heterocycles. The largest absolute Gasteiger partial charge is 0.419 e. The van der Waals surface area contributed by atoms with Crippen LogP contribution in [0.15, 0.2) is 12.4 Å². The van der Waals surface area contributed by atoms with Crippen LogP contribution in [0.3, 0.4) is 0 Å². The minimum atomic E-state index is -4.30. The number of hydrogen-bond acceptors (Lipinski definition) is 2. The molecule has 0 fully saturated rings. The van der Waals surface area contributed by atoms with Crippen LogP contribution in [0.25, 0.3) is 0 Å². The second kappa shape index (κ2) is 6.41. The number of nitrogens with one attached hydrogen (secondary N) is 1.